The molecule has 3 heterocycles. The summed E-state index contributed by atoms with van der Waals surface area (Å²) in [6, 6.07) is 3.67. The number of amides is 1. The van der Waals surface area contributed by atoms with Crippen LogP contribution in [0.15, 0.2) is 16.9 Å². The summed E-state index contributed by atoms with van der Waals surface area (Å²) in [5.41, 5.74) is 1.03. The second kappa shape index (κ2) is 4.81. The maximum absolute atomic E-state index is 12.4. The average molecular weight is 261 g/mol. The van der Waals surface area contributed by atoms with Gasteiger partial charge in [0.15, 0.2) is 0 Å². The number of pyridine rings is 1. The summed E-state index contributed by atoms with van der Waals surface area (Å²) >= 11 is 0. The number of H-pyrrole nitrogens is 1. The molecule has 1 atom stereocenters. The van der Waals surface area contributed by atoms with Gasteiger partial charge >= 0.3 is 0 Å². The van der Waals surface area contributed by atoms with Crippen molar-refractivity contribution in [3.05, 3.63) is 33.7 Å². The van der Waals surface area contributed by atoms with Gasteiger partial charge < -0.3 is 9.88 Å². The Morgan fingerprint density at radius 2 is 2.16 bits per heavy atom. The van der Waals surface area contributed by atoms with Crippen molar-refractivity contribution in [1.29, 1.82) is 0 Å². The van der Waals surface area contributed by atoms with Crippen LogP contribution in [0.4, 0.5) is 0 Å². The SMILES string of the molecule is Cc1cc(C(=O)N2CCN3CCC[C@@H]3C2)cc(=O)[nH]1. The van der Waals surface area contributed by atoms with E-state index in [0.717, 1.165) is 31.9 Å². The zero-order chi connectivity index (χ0) is 13.4. The number of aromatic amines is 1. The molecule has 19 heavy (non-hydrogen) atoms. The first kappa shape index (κ1) is 12.4. The Balaban J connectivity index is 1.78. The van der Waals surface area contributed by atoms with Crippen molar-refractivity contribution in [3.63, 3.8) is 0 Å². The van der Waals surface area contributed by atoms with Crippen LogP contribution in [-0.4, -0.2) is 52.9 Å². The van der Waals surface area contributed by atoms with Gasteiger partial charge in [0, 0.05) is 43.0 Å². The van der Waals surface area contributed by atoms with Crippen LogP contribution in [-0.2, 0) is 0 Å². The molecule has 2 saturated heterocycles. The molecule has 2 aliphatic heterocycles. The highest BCUT2D eigenvalue weighted by molar-refractivity contribution is 5.94. The number of rotatable bonds is 1. The number of piperazine rings is 1. The molecule has 3 rings (SSSR count). The molecular weight excluding hydrogens is 242 g/mol. The number of aromatic nitrogens is 1. The summed E-state index contributed by atoms with van der Waals surface area (Å²) in [5.74, 6) is -0.0132. The molecule has 1 amide bonds. The zero-order valence-electron chi connectivity index (χ0n) is 11.2. The number of fused-ring (bicyclic) bond motifs is 1. The van der Waals surface area contributed by atoms with Crippen LogP contribution in [0.3, 0.4) is 0 Å². The van der Waals surface area contributed by atoms with Crippen molar-refractivity contribution in [2.75, 3.05) is 26.2 Å². The van der Waals surface area contributed by atoms with Crippen molar-refractivity contribution < 1.29 is 4.79 Å². The Labute approximate surface area is 112 Å². The third-order valence-corrected chi connectivity index (χ3v) is 4.10. The first-order valence-corrected chi connectivity index (χ1v) is 6.88. The van der Waals surface area contributed by atoms with Gasteiger partial charge in [-0.1, -0.05) is 0 Å². The smallest absolute Gasteiger partial charge is 0.254 e. The number of hydrogen-bond donors (Lipinski definition) is 1. The monoisotopic (exact) mass is 261 g/mol. The summed E-state index contributed by atoms with van der Waals surface area (Å²) in [6.07, 6.45) is 2.41. The van der Waals surface area contributed by atoms with Crippen LogP contribution < -0.4 is 5.56 Å². The summed E-state index contributed by atoms with van der Waals surface area (Å²) < 4.78 is 0. The van der Waals surface area contributed by atoms with E-state index in [9.17, 15) is 9.59 Å². The Bertz CT molecular complexity index is 552. The largest absolute Gasteiger partial charge is 0.336 e. The van der Waals surface area contributed by atoms with E-state index in [-0.39, 0.29) is 11.5 Å². The summed E-state index contributed by atoms with van der Waals surface area (Å²) in [7, 11) is 0. The van der Waals surface area contributed by atoms with Crippen LogP contribution in [0.1, 0.15) is 28.9 Å². The minimum absolute atomic E-state index is 0.0132. The zero-order valence-corrected chi connectivity index (χ0v) is 11.2. The fourth-order valence-corrected chi connectivity index (χ4v) is 3.16. The van der Waals surface area contributed by atoms with Crippen LogP contribution in [0.5, 0.6) is 0 Å². The van der Waals surface area contributed by atoms with Crippen LogP contribution >= 0.6 is 0 Å². The Morgan fingerprint density at radius 1 is 1.32 bits per heavy atom. The lowest BCUT2D eigenvalue weighted by Gasteiger charge is -2.37. The van der Waals surface area contributed by atoms with E-state index in [1.165, 1.54) is 18.9 Å². The lowest BCUT2D eigenvalue weighted by molar-refractivity contribution is 0.0571. The number of hydrogen-bond acceptors (Lipinski definition) is 3. The van der Waals surface area contributed by atoms with Gasteiger partial charge in [0.1, 0.15) is 0 Å². The van der Waals surface area contributed by atoms with E-state index < -0.39 is 0 Å². The number of aryl methyl sites for hydroxylation is 1. The molecule has 2 aliphatic rings. The van der Waals surface area contributed by atoms with E-state index in [0.29, 0.717) is 11.6 Å². The van der Waals surface area contributed by atoms with Gasteiger partial charge in [-0.05, 0) is 32.4 Å². The predicted molar refractivity (Wildman–Crippen MR) is 72.3 cm³/mol. The maximum Gasteiger partial charge on any atom is 0.254 e. The number of carbonyl (C=O) groups is 1. The Kier molecular flexibility index (Phi) is 3.14. The maximum atomic E-state index is 12.4. The minimum atomic E-state index is -0.206. The molecule has 2 fully saturated rings. The van der Waals surface area contributed by atoms with E-state index >= 15 is 0 Å². The van der Waals surface area contributed by atoms with Gasteiger partial charge in [-0.2, -0.15) is 0 Å². The first-order chi connectivity index (χ1) is 9.13. The highest BCUT2D eigenvalue weighted by Crippen LogP contribution is 2.22. The quantitative estimate of drug-likeness (QED) is 0.805. The molecule has 0 saturated carbocycles. The molecule has 5 nitrogen and oxygen atoms in total. The summed E-state index contributed by atoms with van der Waals surface area (Å²) in [6.45, 7) is 5.48. The van der Waals surface area contributed by atoms with Crippen LogP contribution in [0.25, 0.3) is 0 Å². The average Bonchev–Trinajstić information content (AvgIpc) is 2.83. The number of nitrogens with zero attached hydrogens (tertiary/aromatic N) is 2. The standard InChI is InChI=1S/C14H19N3O2/c1-10-7-11(8-13(18)15-10)14(19)17-6-5-16-4-2-3-12(16)9-17/h7-8,12H,2-6,9H2,1H3,(H,15,18)/t12-/m1/s1. The minimum Gasteiger partial charge on any atom is -0.336 e. The first-order valence-electron chi connectivity index (χ1n) is 6.88. The van der Waals surface area contributed by atoms with E-state index in [2.05, 4.69) is 9.88 Å². The second-order valence-corrected chi connectivity index (χ2v) is 5.50. The fraction of sp³-hybridized carbons (Fsp3) is 0.571. The molecule has 0 aromatic carbocycles. The molecule has 1 aromatic rings. The van der Waals surface area contributed by atoms with E-state index in [1.807, 2.05) is 4.90 Å². The normalized spacial score (nSPS) is 23.4. The summed E-state index contributed by atoms with van der Waals surface area (Å²) in [4.78, 5) is 30.9. The highest BCUT2D eigenvalue weighted by Gasteiger charge is 2.32. The number of carbonyl (C=O) groups excluding carboxylic acids is 1. The highest BCUT2D eigenvalue weighted by atomic mass is 16.2. The molecule has 5 heteroatoms. The predicted octanol–water partition coefficient (Wildman–Crippen LogP) is 0.604. The number of nitrogens with one attached hydrogen (secondary N) is 1. The van der Waals surface area contributed by atoms with Crippen LogP contribution in [0.2, 0.25) is 0 Å². The molecule has 0 aliphatic carbocycles. The molecule has 1 aromatic heterocycles. The molecule has 1 N–H and O–H groups in total. The third-order valence-electron chi connectivity index (χ3n) is 4.10. The Morgan fingerprint density at radius 3 is 2.95 bits per heavy atom. The lowest BCUT2D eigenvalue weighted by atomic mass is 10.1. The van der Waals surface area contributed by atoms with Gasteiger partial charge in [-0.25, -0.2) is 0 Å². The van der Waals surface area contributed by atoms with Crippen molar-refractivity contribution in [1.82, 2.24) is 14.8 Å². The van der Waals surface area contributed by atoms with Gasteiger partial charge in [-0.15, -0.1) is 0 Å². The van der Waals surface area contributed by atoms with Gasteiger partial charge in [0.25, 0.3) is 5.91 Å². The lowest BCUT2D eigenvalue weighted by Crippen LogP contribution is -2.52. The van der Waals surface area contributed by atoms with Crippen LogP contribution in [0, 0.1) is 6.92 Å². The molecule has 0 spiro atoms. The fourth-order valence-electron chi connectivity index (χ4n) is 3.16. The molecular formula is C14H19N3O2. The molecule has 0 radical (unpaired) electrons. The van der Waals surface area contributed by atoms with E-state index in [4.69, 9.17) is 0 Å². The van der Waals surface area contributed by atoms with E-state index in [1.54, 1.807) is 13.0 Å². The Hall–Kier alpha value is -1.62. The van der Waals surface area contributed by atoms with Crippen molar-refractivity contribution in [2.45, 2.75) is 25.8 Å². The van der Waals surface area contributed by atoms with Crippen molar-refractivity contribution in [2.24, 2.45) is 0 Å². The summed E-state index contributed by atoms with van der Waals surface area (Å²) in [5, 5.41) is 0. The molecule has 102 valence electrons. The van der Waals surface area contributed by atoms with Gasteiger partial charge in [0.05, 0.1) is 0 Å². The van der Waals surface area contributed by atoms with Gasteiger partial charge in [0.2, 0.25) is 5.56 Å². The molecule has 0 unspecified atom stereocenters. The topological polar surface area (TPSA) is 56.4 Å². The van der Waals surface area contributed by atoms with Crippen molar-refractivity contribution in [3.8, 4) is 0 Å². The van der Waals surface area contributed by atoms with Gasteiger partial charge in [-0.3, -0.25) is 14.5 Å². The molecule has 0 bridgehead atoms. The second-order valence-electron chi connectivity index (χ2n) is 5.50. The third kappa shape index (κ3) is 2.42. The van der Waals surface area contributed by atoms with Crippen molar-refractivity contribution >= 4 is 5.91 Å².